The predicted molar refractivity (Wildman–Crippen MR) is 67.4 cm³/mol. The molecule has 0 bridgehead atoms. The Bertz CT molecular complexity index is 533. The first-order valence-electron chi connectivity index (χ1n) is 5.56. The van der Waals surface area contributed by atoms with E-state index in [2.05, 4.69) is 25.7 Å². The minimum absolute atomic E-state index is 0.311. The zero-order chi connectivity index (χ0) is 13.0. The van der Waals surface area contributed by atoms with Crippen molar-refractivity contribution in [1.82, 2.24) is 19.7 Å². The third-order valence-electron chi connectivity index (χ3n) is 2.31. The zero-order valence-corrected chi connectivity index (χ0v) is 10.2. The van der Waals surface area contributed by atoms with Gasteiger partial charge in [0.05, 0.1) is 11.9 Å². The molecule has 0 radical (unpaired) electrons. The largest absolute Gasteiger partial charge is 0.384 e. The molecule has 2 N–H and O–H groups in total. The maximum Gasteiger partial charge on any atom is 0.276 e. The number of carbonyl (C=O) groups excluding carboxylic acids is 1. The minimum atomic E-state index is -0.311. The van der Waals surface area contributed by atoms with Crippen molar-refractivity contribution in [3.8, 4) is 0 Å². The van der Waals surface area contributed by atoms with Gasteiger partial charge in [-0.15, -0.1) is 0 Å². The Morgan fingerprint density at radius 2 is 2.22 bits per heavy atom. The molecule has 2 aromatic heterocycles. The van der Waals surface area contributed by atoms with E-state index in [-0.39, 0.29) is 5.91 Å². The molecule has 1 amide bonds. The zero-order valence-electron chi connectivity index (χ0n) is 10.2. The van der Waals surface area contributed by atoms with Crippen molar-refractivity contribution >= 4 is 17.5 Å². The normalized spacial score (nSPS) is 10.1. The summed E-state index contributed by atoms with van der Waals surface area (Å²) in [4.78, 5) is 19.8. The van der Waals surface area contributed by atoms with Crippen LogP contribution in [0, 0.1) is 0 Å². The van der Waals surface area contributed by atoms with E-state index in [0.717, 1.165) is 12.2 Å². The summed E-state index contributed by atoms with van der Waals surface area (Å²) in [7, 11) is 1.70. The first kappa shape index (κ1) is 12.0. The molecule has 94 valence electrons. The van der Waals surface area contributed by atoms with Gasteiger partial charge < -0.3 is 5.32 Å². The van der Waals surface area contributed by atoms with Gasteiger partial charge in [-0.05, 0) is 19.1 Å². The van der Waals surface area contributed by atoms with Crippen LogP contribution in [0.4, 0.5) is 11.6 Å². The summed E-state index contributed by atoms with van der Waals surface area (Å²) in [6, 6.07) is 3.46. The van der Waals surface area contributed by atoms with E-state index in [4.69, 9.17) is 0 Å². The quantitative estimate of drug-likeness (QED) is 0.837. The Hall–Kier alpha value is -2.44. The molecule has 0 unspecified atom stereocenters. The van der Waals surface area contributed by atoms with Gasteiger partial charge in [0.1, 0.15) is 12.0 Å². The third kappa shape index (κ3) is 2.62. The Morgan fingerprint density at radius 3 is 2.78 bits per heavy atom. The van der Waals surface area contributed by atoms with Crippen LogP contribution in [0.5, 0.6) is 0 Å². The number of anilines is 2. The minimum Gasteiger partial charge on any atom is -0.384 e. The van der Waals surface area contributed by atoms with E-state index in [0.29, 0.717) is 11.6 Å². The number of nitrogens with one attached hydrogen (secondary N) is 2. The molecule has 2 heterocycles. The lowest BCUT2D eigenvalue weighted by Crippen LogP contribution is -2.16. The van der Waals surface area contributed by atoms with Gasteiger partial charge in [-0.25, -0.2) is 9.67 Å². The van der Waals surface area contributed by atoms with Crippen molar-refractivity contribution in [3.63, 3.8) is 0 Å². The average Bonchev–Trinajstić information content (AvgIpc) is 2.76. The van der Waals surface area contributed by atoms with Crippen LogP contribution in [0.25, 0.3) is 0 Å². The number of rotatable bonds is 4. The van der Waals surface area contributed by atoms with Crippen LogP contribution in [0.15, 0.2) is 24.7 Å². The fourth-order valence-corrected chi connectivity index (χ4v) is 1.41. The van der Waals surface area contributed by atoms with Gasteiger partial charge in [0.2, 0.25) is 5.95 Å². The second kappa shape index (κ2) is 5.26. The summed E-state index contributed by atoms with van der Waals surface area (Å²) in [6.07, 6.45) is 2.99. The number of pyridine rings is 1. The molecule has 0 aliphatic heterocycles. The average molecular weight is 246 g/mol. The number of nitrogens with zero attached hydrogens (tertiary/aromatic N) is 4. The first-order chi connectivity index (χ1) is 8.70. The monoisotopic (exact) mass is 246 g/mol. The predicted octanol–water partition coefficient (Wildman–Crippen LogP) is 0.894. The number of amides is 1. The highest BCUT2D eigenvalue weighted by Crippen LogP contribution is 2.07. The van der Waals surface area contributed by atoms with Crippen molar-refractivity contribution in [1.29, 1.82) is 0 Å². The molecule has 2 rings (SSSR count). The van der Waals surface area contributed by atoms with Crippen LogP contribution < -0.4 is 10.6 Å². The molecule has 0 saturated heterocycles. The fourth-order valence-electron chi connectivity index (χ4n) is 1.41. The second-order valence-corrected chi connectivity index (χ2v) is 3.62. The summed E-state index contributed by atoms with van der Waals surface area (Å²) in [5, 5.41) is 9.60. The number of hydrogen-bond acceptors (Lipinski definition) is 5. The van der Waals surface area contributed by atoms with Crippen LogP contribution in [0.1, 0.15) is 17.4 Å². The lowest BCUT2D eigenvalue weighted by Gasteiger charge is -2.05. The molecule has 18 heavy (non-hydrogen) atoms. The third-order valence-corrected chi connectivity index (χ3v) is 2.31. The van der Waals surface area contributed by atoms with E-state index in [1.807, 2.05) is 13.0 Å². The molecule has 7 nitrogen and oxygen atoms in total. The van der Waals surface area contributed by atoms with Crippen LogP contribution in [-0.2, 0) is 7.05 Å². The number of hydrogen-bond donors (Lipinski definition) is 2. The van der Waals surface area contributed by atoms with E-state index < -0.39 is 0 Å². The molecule has 2 aromatic rings. The summed E-state index contributed by atoms with van der Waals surface area (Å²) in [6.45, 7) is 2.81. The Morgan fingerprint density at radius 1 is 1.39 bits per heavy atom. The van der Waals surface area contributed by atoms with Crippen molar-refractivity contribution in [3.05, 3.63) is 30.4 Å². The lowest BCUT2D eigenvalue weighted by atomic mass is 10.3. The highest BCUT2D eigenvalue weighted by Gasteiger charge is 2.10. The SMILES string of the molecule is CCNc1ccc(C(=O)Nc2ncnn2C)nc1. The topological polar surface area (TPSA) is 84.7 Å². The summed E-state index contributed by atoms with van der Waals surface area (Å²) in [5.41, 5.74) is 1.22. The van der Waals surface area contributed by atoms with Gasteiger partial charge >= 0.3 is 0 Å². The maximum absolute atomic E-state index is 11.9. The standard InChI is InChI=1S/C11H14N6O/c1-3-12-8-4-5-9(13-6-8)10(18)16-11-14-7-15-17(11)2/h4-7,12H,3H2,1-2H3,(H,14,15,16,18). The van der Waals surface area contributed by atoms with Crippen molar-refractivity contribution in [2.45, 2.75) is 6.92 Å². The van der Waals surface area contributed by atoms with Crippen LogP contribution in [-0.4, -0.2) is 32.2 Å². The summed E-state index contributed by atoms with van der Waals surface area (Å²) < 4.78 is 1.48. The van der Waals surface area contributed by atoms with E-state index in [9.17, 15) is 4.79 Å². The molecule has 0 spiro atoms. The van der Waals surface area contributed by atoms with Crippen molar-refractivity contribution < 1.29 is 4.79 Å². The molecular weight excluding hydrogens is 232 g/mol. The second-order valence-electron chi connectivity index (χ2n) is 3.62. The molecule has 0 aliphatic carbocycles. The Labute approximate surface area is 104 Å². The highest BCUT2D eigenvalue weighted by atomic mass is 16.2. The molecule has 0 atom stereocenters. The van der Waals surface area contributed by atoms with E-state index in [1.54, 1.807) is 19.3 Å². The molecule has 0 aliphatic rings. The van der Waals surface area contributed by atoms with Gasteiger partial charge in [0, 0.05) is 13.6 Å². The van der Waals surface area contributed by atoms with Gasteiger partial charge in [-0.2, -0.15) is 10.1 Å². The summed E-state index contributed by atoms with van der Waals surface area (Å²) >= 11 is 0. The number of aryl methyl sites for hydroxylation is 1. The maximum atomic E-state index is 11.9. The van der Waals surface area contributed by atoms with Crippen LogP contribution in [0.3, 0.4) is 0 Å². The number of aromatic nitrogens is 4. The van der Waals surface area contributed by atoms with Gasteiger partial charge in [0.25, 0.3) is 5.91 Å². The lowest BCUT2D eigenvalue weighted by molar-refractivity contribution is 0.102. The van der Waals surface area contributed by atoms with Gasteiger partial charge in [-0.1, -0.05) is 0 Å². The first-order valence-corrected chi connectivity index (χ1v) is 5.56. The Kier molecular flexibility index (Phi) is 3.52. The van der Waals surface area contributed by atoms with Gasteiger partial charge in [0.15, 0.2) is 0 Å². The van der Waals surface area contributed by atoms with Gasteiger partial charge in [-0.3, -0.25) is 10.1 Å². The highest BCUT2D eigenvalue weighted by molar-refractivity contribution is 6.01. The number of carbonyl (C=O) groups is 1. The van der Waals surface area contributed by atoms with E-state index in [1.165, 1.54) is 11.0 Å². The fraction of sp³-hybridized carbons (Fsp3) is 0.273. The Balaban J connectivity index is 2.07. The van der Waals surface area contributed by atoms with Crippen molar-refractivity contribution in [2.75, 3.05) is 17.2 Å². The smallest absolute Gasteiger partial charge is 0.276 e. The van der Waals surface area contributed by atoms with Crippen LogP contribution >= 0.6 is 0 Å². The van der Waals surface area contributed by atoms with Crippen molar-refractivity contribution in [2.24, 2.45) is 7.05 Å². The molecule has 0 saturated carbocycles. The summed E-state index contributed by atoms with van der Waals surface area (Å²) in [5.74, 6) is 0.0757. The van der Waals surface area contributed by atoms with Crippen LogP contribution in [0.2, 0.25) is 0 Å². The molecule has 7 heteroatoms. The molecule has 0 fully saturated rings. The molecule has 0 aromatic carbocycles. The van der Waals surface area contributed by atoms with E-state index >= 15 is 0 Å². The molecular formula is C11H14N6O.